The van der Waals surface area contributed by atoms with Crippen LogP contribution in [0.2, 0.25) is 0 Å². The van der Waals surface area contributed by atoms with Gasteiger partial charge in [0.2, 0.25) is 0 Å². The molecule has 1 aromatic carbocycles. The van der Waals surface area contributed by atoms with Gasteiger partial charge in [-0.3, -0.25) is 4.79 Å². The number of aryl methyl sites for hydroxylation is 1. The first kappa shape index (κ1) is 10.9. The van der Waals surface area contributed by atoms with E-state index in [1.807, 2.05) is 19.1 Å². The number of carbonyl (C=O) groups is 1. The quantitative estimate of drug-likeness (QED) is 0.544. The van der Waals surface area contributed by atoms with Gasteiger partial charge in [-0.25, -0.2) is 0 Å². The highest BCUT2D eigenvalue weighted by Crippen LogP contribution is 2.19. The van der Waals surface area contributed by atoms with Gasteiger partial charge in [-0.15, -0.1) is 0 Å². The Bertz CT molecular complexity index is 316. The van der Waals surface area contributed by atoms with E-state index >= 15 is 0 Å². The molecule has 0 amide bonds. The van der Waals surface area contributed by atoms with E-state index in [4.69, 9.17) is 9.47 Å². The van der Waals surface area contributed by atoms with Crippen LogP contribution in [-0.4, -0.2) is 20.5 Å². The van der Waals surface area contributed by atoms with Gasteiger partial charge in [-0.05, 0) is 18.6 Å². The van der Waals surface area contributed by atoms with Crippen molar-refractivity contribution in [3.05, 3.63) is 34.9 Å². The summed E-state index contributed by atoms with van der Waals surface area (Å²) in [5.74, 6) is 0. The number of rotatable bonds is 4. The third-order valence-electron chi connectivity index (χ3n) is 2.13. The molecule has 0 saturated heterocycles. The van der Waals surface area contributed by atoms with E-state index in [0.717, 1.165) is 17.4 Å². The summed E-state index contributed by atoms with van der Waals surface area (Å²) in [5.41, 5.74) is 2.47. The Hall–Kier alpha value is -1.19. The van der Waals surface area contributed by atoms with Gasteiger partial charge in [0.05, 0.1) is 0 Å². The zero-order valence-electron chi connectivity index (χ0n) is 8.61. The lowest BCUT2D eigenvalue weighted by atomic mass is 10.1. The van der Waals surface area contributed by atoms with Gasteiger partial charge >= 0.3 is 0 Å². The van der Waals surface area contributed by atoms with Crippen LogP contribution in [0.25, 0.3) is 0 Å². The average molecular weight is 194 g/mol. The molecule has 0 aliphatic heterocycles. The minimum Gasteiger partial charge on any atom is -0.352 e. The van der Waals surface area contributed by atoms with Crippen molar-refractivity contribution < 1.29 is 14.3 Å². The topological polar surface area (TPSA) is 35.5 Å². The summed E-state index contributed by atoms with van der Waals surface area (Å²) in [6.07, 6.45) is 0.426. The van der Waals surface area contributed by atoms with Crippen molar-refractivity contribution in [3.8, 4) is 0 Å². The summed E-state index contributed by atoms with van der Waals surface area (Å²) in [4.78, 5) is 10.7. The average Bonchev–Trinajstić information content (AvgIpc) is 2.22. The smallest absolute Gasteiger partial charge is 0.183 e. The molecule has 0 fully saturated rings. The first-order valence-corrected chi connectivity index (χ1v) is 4.34. The Morgan fingerprint density at radius 2 is 1.93 bits per heavy atom. The molecule has 14 heavy (non-hydrogen) atoms. The molecule has 3 nitrogen and oxygen atoms in total. The first-order valence-electron chi connectivity index (χ1n) is 4.34. The molecule has 0 heterocycles. The number of benzene rings is 1. The molecule has 0 bridgehead atoms. The predicted molar refractivity (Wildman–Crippen MR) is 53.3 cm³/mol. The summed E-state index contributed by atoms with van der Waals surface area (Å²) in [7, 11) is 3.13. The van der Waals surface area contributed by atoms with Gasteiger partial charge in [-0.2, -0.15) is 0 Å². The monoisotopic (exact) mass is 194 g/mol. The van der Waals surface area contributed by atoms with Crippen molar-refractivity contribution in [1.82, 2.24) is 0 Å². The number of ether oxygens (including phenoxy) is 2. The van der Waals surface area contributed by atoms with E-state index in [1.165, 1.54) is 0 Å². The number of carbonyl (C=O) groups excluding carboxylic acids is 1. The van der Waals surface area contributed by atoms with E-state index < -0.39 is 6.29 Å². The van der Waals surface area contributed by atoms with Crippen LogP contribution < -0.4 is 0 Å². The second-order valence-corrected chi connectivity index (χ2v) is 3.04. The summed E-state index contributed by atoms with van der Waals surface area (Å²) >= 11 is 0. The van der Waals surface area contributed by atoms with Crippen molar-refractivity contribution in [2.75, 3.05) is 14.2 Å². The maximum absolute atomic E-state index is 10.7. The van der Waals surface area contributed by atoms with Gasteiger partial charge in [0.25, 0.3) is 0 Å². The molecule has 0 atom stereocenters. The number of hydrogen-bond donors (Lipinski definition) is 0. The third kappa shape index (κ3) is 2.19. The fourth-order valence-electron chi connectivity index (χ4n) is 1.30. The molecule has 0 saturated carbocycles. The van der Waals surface area contributed by atoms with Gasteiger partial charge in [0.15, 0.2) is 6.29 Å². The summed E-state index contributed by atoms with van der Waals surface area (Å²) in [6, 6.07) is 5.55. The molecule has 0 radical (unpaired) electrons. The molecule has 1 aromatic rings. The van der Waals surface area contributed by atoms with Crippen LogP contribution in [0.1, 0.15) is 27.8 Å². The lowest BCUT2D eigenvalue weighted by Crippen LogP contribution is -2.04. The molecule has 0 unspecified atom stereocenters. The van der Waals surface area contributed by atoms with Crippen LogP contribution in [0.5, 0.6) is 0 Å². The largest absolute Gasteiger partial charge is 0.352 e. The molecule has 0 aliphatic rings. The fourth-order valence-corrected chi connectivity index (χ4v) is 1.30. The molecular weight excluding hydrogens is 180 g/mol. The van der Waals surface area contributed by atoms with Crippen LogP contribution in [0.15, 0.2) is 18.2 Å². The highest BCUT2D eigenvalue weighted by Gasteiger charge is 2.09. The Morgan fingerprint density at radius 1 is 1.29 bits per heavy atom. The van der Waals surface area contributed by atoms with Crippen LogP contribution >= 0.6 is 0 Å². The van der Waals surface area contributed by atoms with Crippen molar-refractivity contribution in [2.24, 2.45) is 0 Å². The maximum atomic E-state index is 10.7. The fraction of sp³-hybridized carbons (Fsp3) is 0.364. The summed E-state index contributed by atoms with van der Waals surface area (Å²) in [5, 5.41) is 0. The molecular formula is C11H14O3. The Labute approximate surface area is 83.6 Å². The van der Waals surface area contributed by atoms with Crippen LogP contribution in [-0.2, 0) is 9.47 Å². The Balaban J connectivity index is 3.04. The lowest BCUT2D eigenvalue weighted by molar-refractivity contribution is -0.106. The molecule has 0 spiro atoms. The second kappa shape index (κ2) is 4.88. The van der Waals surface area contributed by atoms with Gasteiger partial charge in [0.1, 0.15) is 6.29 Å². The predicted octanol–water partition coefficient (Wildman–Crippen LogP) is 2.10. The van der Waals surface area contributed by atoms with Gasteiger partial charge in [0, 0.05) is 25.3 Å². The molecule has 0 aromatic heterocycles. The highest BCUT2D eigenvalue weighted by atomic mass is 16.7. The minimum atomic E-state index is -0.408. The van der Waals surface area contributed by atoms with E-state index in [-0.39, 0.29) is 0 Å². The molecule has 3 heteroatoms. The van der Waals surface area contributed by atoms with Crippen LogP contribution in [0.3, 0.4) is 0 Å². The van der Waals surface area contributed by atoms with E-state index in [0.29, 0.717) is 5.56 Å². The first-order chi connectivity index (χ1) is 6.72. The second-order valence-electron chi connectivity index (χ2n) is 3.04. The van der Waals surface area contributed by atoms with Crippen LogP contribution in [0, 0.1) is 6.92 Å². The van der Waals surface area contributed by atoms with Crippen molar-refractivity contribution in [1.29, 1.82) is 0 Å². The Morgan fingerprint density at radius 3 is 2.43 bits per heavy atom. The number of aldehydes is 1. The third-order valence-corrected chi connectivity index (χ3v) is 2.13. The molecule has 76 valence electrons. The van der Waals surface area contributed by atoms with E-state index in [2.05, 4.69) is 0 Å². The molecule has 0 N–H and O–H groups in total. The van der Waals surface area contributed by atoms with Crippen molar-refractivity contribution in [3.63, 3.8) is 0 Å². The van der Waals surface area contributed by atoms with Gasteiger partial charge in [-0.1, -0.05) is 12.1 Å². The van der Waals surface area contributed by atoms with Crippen molar-refractivity contribution in [2.45, 2.75) is 13.2 Å². The molecule has 0 aliphatic carbocycles. The molecule has 1 rings (SSSR count). The SMILES string of the molecule is COC(OC)c1ccc(C)c(C=O)c1. The van der Waals surface area contributed by atoms with Crippen LogP contribution in [0.4, 0.5) is 0 Å². The number of methoxy groups -OCH3 is 2. The number of hydrogen-bond acceptors (Lipinski definition) is 3. The normalized spacial score (nSPS) is 10.6. The minimum absolute atomic E-state index is 0.408. The summed E-state index contributed by atoms with van der Waals surface area (Å²) < 4.78 is 10.2. The Kier molecular flexibility index (Phi) is 3.80. The van der Waals surface area contributed by atoms with E-state index in [9.17, 15) is 4.79 Å². The summed E-state index contributed by atoms with van der Waals surface area (Å²) in [6.45, 7) is 1.89. The van der Waals surface area contributed by atoms with E-state index in [1.54, 1.807) is 20.3 Å². The zero-order chi connectivity index (χ0) is 10.6. The van der Waals surface area contributed by atoms with Crippen molar-refractivity contribution >= 4 is 6.29 Å². The van der Waals surface area contributed by atoms with Gasteiger partial charge < -0.3 is 9.47 Å². The lowest BCUT2D eigenvalue weighted by Gasteiger charge is -2.14. The standard InChI is InChI=1S/C11H14O3/c1-8-4-5-9(6-10(8)7-12)11(13-2)14-3/h4-7,11H,1-3H3. The maximum Gasteiger partial charge on any atom is 0.183 e. The zero-order valence-corrected chi connectivity index (χ0v) is 8.61. The highest BCUT2D eigenvalue weighted by molar-refractivity contribution is 5.77.